The van der Waals surface area contributed by atoms with Crippen LogP contribution in [0, 0.1) is 6.92 Å². The molecule has 3 aliphatic heterocycles. The first-order chi connectivity index (χ1) is 31.2. The van der Waals surface area contributed by atoms with E-state index in [4.69, 9.17) is 27.9 Å². The number of nitrogens with zero attached hydrogens (tertiary/aromatic N) is 4. The molecule has 1 aliphatic carbocycles. The smallest absolute Gasteiger partial charge is 0.410 e. The lowest BCUT2D eigenvalue weighted by molar-refractivity contribution is -0.0927. The summed E-state index contributed by atoms with van der Waals surface area (Å²) in [5, 5.41) is 0. The number of hydrogen-bond donors (Lipinski definition) is 0. The van der Waals surface area contributed by atoms with Crippen molar-refractivity contribution < 1.29 is 63.8 Å². The van der Waals surface area contributed by atoms with Gasteiger partial charge in [-0.25, -0.2) is 27.6 Å². The van der Waals surface area contributed by atoms with E-state index < -0.39 is 75.9 Å². The molecule has 0 radical (unpaired) electrons. The second-order valence-electron chi connectivity index (χ2n) is 20.4. The minimum Gasteiger partial charge on any atom is -0.487 e. The molecule has 3 saturated heterocycles. The largest absolute Gasteiger partial charge is 0.487 e. The fraction of sp³-hybridized carbons (Fsp3) is 0.708. The van der Waals surface area contributed by atoms with Gasteiger partial charge in [-0.3, -0.25) is 9.17 Å². The molecule has 1 aromatic carbocycles. The predicted molar refractivity (Wildman–Crippen MR) is 246 cm³/mol. The third-order valence-electron chi connectivity index (χ3n) is 10.8. The Hall–Kier alpha value is -4.36. The maximum absolute atomic E-state index is 14.4. The molecule has 15 nitrogen and oxygen atoms in total. The van der Waals surface area contributed by atoms with Gasteiger partial charge < -0.3 is 38.4 Å². The molecule has 0 unspecified atom stereocenters. The Morgan fingerprint density at radius 1 is 0.582 bits per heavy atom. The van der Waals surface area contributed by atoms with Gasteiger partial charge in [0.15, 0.2) is 6.17 Å². The first kappa shape index (κ1) is 55.2. The number of benzene rings is 1. The number of carbonyl (C=O) groups excluding carboxylic acids is 3. The molecular weight excluding hydrogens is 898 g/mol. The lowest BCUT2D eigenvalue weighted by Gasteiger charge is -2.37. The molecule has 19 heteroatoms. The van der Waals surface area contributed by atoms with Gasteiger partial charge in [0.1, 0.15) is 47.1 Å². The summed E-state index contributed by atoms with van der Waals surface area (Å²) in [4.78, 5) is 43.8. The van der Waals surface area contributed by atoms with Crippen LogP contribution in [0.4, 0.5) is 27.6 Å². The van der Waals surface area contributed by atoms with Gasteiger partial charge in [0, 0.05) is 38.4 Å². The van der Waals surface area contributed by atoms with Crippen molar-refractivity contribution in [2.45, 2.75) is 185 Å². The molecule has 4 aliphatic rings. The number of likely N-dealkylation sites (tertiary alicyclic amines) is 3. The topological polar surface area (TPSA) is 163 Å². The van der Waals surface area contributed by atoms with Gasteiger partial charge in [0.05, 0.1) is 36.7 Å². The van der Waals surface area contributed by atoms with Gasteiger partial charge in [-0.05, 0) is 119 Å². The van der Waals surface area contributed by atoms with E-state index in [-0.39, 0.29) is 49.7 Å². The van der Waals surface area contributed by atoms with Gasteiger partial charge in [0.2, 0.25) is 0 Å². The van der Waals surface area contributed by atoms with Crippen LogP contribution in [0.3, 0.4) is 0 Å². The van der Waals surface area contributed by atoms with Crippen LogP contribution in [0.5, 0.6) is 5.75 Å². The molecule has 0 N–H and O–H groups in total. The second-order valence-corrected chi connectivity index (χ2v) is 21.9. The van der Waals surface area contributed by atoms with E-state index in [1.165, 1.54) is 46.1 Å². The maximum atomic E-state index is 14.4. The monoisotopic (exact) mass is 970 g/mol. The van der Waals surface area contributed by atoms with Crippen LogP contribution >= 0.6 is 0 Å². The Balaban J connectivity index is 0.000000221. The lowest BCUT2D eigenvalue weighted by atomic mass is 9.97. The highest BCUT2D eigenvalue weighted by atomic mass is 32.2. The third-order valence-corrected chi connectivity index (χ3v) is 12.2. The lowest BCUT2D eigenvalue weighted by Crippen LogP contribution is -2.50. The highest BCUT2D eigenvalue weighted by Crippen LogP contribution is 2.28. The zero-order valence-electron chi connectivity index (χ0n) is 40.9. The second kappa shape index (κ2) is 24.3. The summed E-state index contributed by atoms with van der Waals surface area (Å²) in [6.45, 7) is 18.7. The number of rotatable bonds is 7. The van der Waals surface area contributed by atoms with Crippen molar-refractivity contribution in [2.24, 2.45) is 0 Å². The van der Waals surface area contributed by atoms with Gasteiger partial charge >= 0.3 is 18.3 Å². The fourth-order valence-corrected chi connectivity index (χ4v) is 8.61. The molecule has 6 rings (SSSR count). The molecule has 0 spiro atoms. The zero-order valence-corrected chi connectivity index (χ0v) is 41.7. The van der Waals surface area contributed by atoms with Gasteiger partial charge in [-0.1, -0.05) is 37.0 Å². The van der Waals surface area contributed by atoms with Gasteiger partial charge in [-0.15, -0.1) is 0 Å². The summed E-state index contributed by atoms with van der Waals surface area (Å²) in [6.07, 6.45) is 2.63. The molecular formula is C48H73F3N4O11S. The molecule has 378 valence electrons. The van der Waals surface area contributed by atoms with E-state index in [2.05, 4.69) is 4.98 Å². The molecule has 1 aromatic heterocycles. The number of aromatic nitrogens is 1. The summed E-state index contributed by atoms with van der Waals surface area (Å²) in [5.41, 5.74) is -0.885. The number of hydrogen-bond acceptors (Lipinski definition) is 12. The quantitative estimate of drug-likeness (QED) is 0.191. The number of ether oxygens (including phenoxy) is 5. The van der Waals surface area contributed by atoms with Crippen molar-refractivity contribution in [1.29, 1.82) is 0 Å². The van der Waals surface area contributed by atoms with Crippen LogP contribution in [0.2, 0.25) is 0 Å². The number of pyridine rings is 1. The van der Waals surface area contributed by atoms with Crippen LogP contribution in [0.15, 0.2) is 53.7 Å². The van der Waals surface area contributed by atoms with E-state index in [9.17, 15) is 36.0 Å². The van der Waals surface area contributed by atoms with E-state index in [0.717, 1.165) is 18.4 Å². The molecule has 6 atom stereocenters. The van der Waals surface area contributed by atoms with Crippen molar-refractivity contribution >= 4 is 28.4 Å². The van der Waals surface area contributed by atoms with Gasteiger partial charge in [-0.2, -0.15) is 8.42 Å². The SMILES string of the molecule is CC(C)(C)OC(=O)N1CC[C@@H](OC2CCCCC2)[C@H](F)C1.CC(C)(C)OC(=O)N1CC[C@@H](Oc2ccncc2)[C@H](F)C1.Cc1ccc(S(=O)(=O)O[C@H]2CCN(C(=O)OC(C)(C)C)C[C@H]2F)cc1. The Labute approximate surface area is 395 Å². The zero-order chi connectivity index (χ0) is 49.7. The molecule has 4 heterocycles. The van der Waals surface area contributed by atoms with Crippen molar-refractivity contribution in [1.82, 2.24) is 19.7 Å². The molecule has 3 amide bonds. The maximum Gasteiger partial charge on any atom is 0.410 e. The predicted octanol–water partition coefficient (Wildman–Crippen LogP) is 9.54. The number of piperidine rings is 3. The van der Waals surface area contributed by atoms with Crippen molar-refractivity contribution in [3.63, 3.8) is 0 Å². The Morgan fingerprint density at radius 2 is 0.985 bits per heavy atom. The summed E-state index contributed by atoms with van der Waals surface area (Å²) in [5.74, 6) is 0.586. The average Bonchev–Trinajstić information content (AvgIpc) is 3.22. The molecule has 1 saturated carbocycles. The highest BCUT2D eigenvalue weighted by Gasteiger charge is 2.39. The fourth-order valence-electron chi connectivity index (χ4n) is 7.48. The number of alkyl halides is 3. The third kappa shape index (κ3) is 19.3. The number of carbonyl (C=O) groups is 3. The van der Waals surface area contributed by atoms with E-state index >= 15 is 0 Å². The first-order valence-electron chi connectivity index (χ1n) is 23.3. The molecule has 4 fully saturated rings. The Kier molecular flexibility index (Phi) is 20.0. The van der Waals surface area contributed by atoms with Crippen LogP contribution in [-0.2, 0) is 33.2 Å². The molecule has 2 aromatic rings. The standard InChI is InChI=1S/C17H24FNO5S.C16H28FNO3.C15H21FN2O3/c1-12-5-7-13(8-6-12)25(21,22)24-15-9-10-19(11-14(15)18)16(20)23-17(2,3)4;1-16(2,3)21-15(19)18-10-9-14(13(17)11-18)20-12-7-5-4-6-8-12;1-15(2,3)21-14(19)18-9-6-13(12(16)10-18)20-11-4-7-17-8-5-11/h5-8,14-15H,9-11H2,1-4H3;12-14H,4-11H2,1-3H3;4-5,7-8,12-13H,6,9-10H2,1-3H3/t14-,15+;13-,14-;12-,13-/m111/s1. The number of aryl methyl sites for hydroxylation is 1. The van der Waals surface area contributed by atoms with E-state index in [0.29, 0.717) is 31.7 Å². The first-order valence-corrected chi connectivity index (χ1v) is 24.7. The molecule has 67 heavy (non-hydrogen) atoms. The van der Waals surface area contributed by atoms with E-state index in [1.807, 2.05) is 27.7 Å². The highest BCUT2D eigenvalue weighted by molar-refractivity contribution is 7.86. The van der Waals surface area contributed by atoms with Crippen molar-refractivity contribution in [2.75, 3.05) is 39.3 Å². The minimum absolute atomic E-state index is 0.00926. The number of halogens is 3. The minimum atomic E-state index is -4.05. The van der Waals surface area contributed by atoms with Gasteiger partial charge in [0.25, 0.3) is 10.1 Å². The summed E-state index contributed by atoms with van der Waals surface area (Å²) in [6, 6.07) is 9.52. The van der Waals surface area contributed by atoms with Crippen LogP contribution in [0.1, 0.15) is 119 Å². The summed E-state index contributed by atoms with van der Waals surface area (Å²) < 4.78 is 99.7. The number of amides is 3. The van der Waals surface area contributed by atoms with Crippen molar-refractivity contribution in [3.8, 4) is 5.75 Å². The van der Waals surface area contributed by atoms with Crippen LogP contribution < -0.4 is 4.74 Å². The Bertz CT molecular complexity index is 1970. The normalized spacial score (nSPS) is 24.2. The van der Waals surface area contributed by atoms with Crippen molar-refractivity contribution in [3.05, 3.63) is 54.4 Å². The summed E-state index contributed by atoms with van der Waals surface area (Å²) in [7, 11) is -4.05. The Morgan fingerprint density at radius 3 is 1.39 bits per heavy atom. The van der Waals surface area contributed by atoms with Crippen LogP contribution in [0.25, 0.3) is 0 Å². The summed E-state index contributed by atoms with van der Waals surface area (Å²) >= 11 is 0. The van der Waals surface area contributed by atoms with Crippen LogP contribution in [-0.4, -0.2) is 145 Å². The molecule has 0 bridgehead atoms. The van der Waals surface area contributed by atoms with E-state index in [1.54, 1.807) is 78.2 Å². The average molecular weight is 971 g/mol.